The van der Waals surface area contributed by atoms with Crippen molar-refractivity contribution in [2.75, 3.05) is 55.7 Å². The molecule has 3 fully saturated rings. The van der Waals surface area contributed by atoms with Crippen LogP contribution in [0.4, 0.5) is 5.82 Å². The predicted molar refractivity (Wildman–Crippen MR) is 107 cm³/mol. The number of piperazine rings is 1. The topological polar surface area (TPSA) is 86.7 Å². The van der Waals surface area contributed by atoms with Gasteiger partial charge in [0.15, 0.2) is 20.8 Å². The summed E-state index contributed by atoms with van der Waals surface area (Å²) in [7, 11) is -2.87. The van der Waals surface area contributed by atoms with Crippen molar-refractivity contribution < 1.29 is 13.2 Å². The van der Waals surface area contributed by atoms with Gasteiger partial charge < -0.3 is 9.80 Å². The largest absolute Gasteiger partial charge is 0.354 e. The molecule has 2 atom stereocenters. The normalized spacial score (nSPS) is 28.5. The third kappa shape index (κ3) is 4.41. The van der Waals surface area contributed by atoms with Gasteiger partial charge in [-0.25, -0.2) is 8.42 Å². The maximum atomic E-state index is 13.0. The zero-order chi connectivity index (χ0) is 19.7. The van der Waals surface area contributed by atoms with Crippen LogP contribution in [0.15, 0.2) is 12.1 Å². The Labute approximate surface area is 170 Å². The lowest BCUT2D eigenvalue weighted by molar-refractivity contribution is -0.137. The van der Waals surface area contributed by atoms with Crippen molar-refractivity contribution in [3.8, 4) is 0 Å². The summed E-state index contributed by atoms with van der Waals surface area (Å²) in [6.07, 6.45) is 2.55. The van der Waals surface area contributed by atoms with Crippen molar-refractivity contribution in [1.82, 2.24) is 20.0 Å². The Balaban J connectivity index is 1.31. The smallest absolute Gasteiger partial charge is 0.227 e. The first-order valence-electron chi connectivity index (χ1n) is 9.89. The Morgan fingerprint density at radius 3 is 2.50 bits per heavy atom. The molecule has 0 aliphatic carbocycles. The standard InChI is InChI=1S/C18H26ClN5O3S/c19-16-3-4-17(21-20-16)24-6-1-2-14(12-24)18(25)23-9-7-22(8-10-23)15-5-11-28(26,27)13-15/h3-4,14-15H,1-2,5-13H2. The molecule has 3 saturated heterocycles. The molecule has 0 radical (unpaired) electrons. The van der Waals surface area contributed by atoms with Crippen LogP contribution in [0.25, 0.3) is 0 Å². The van der Waals surface area contributed by atoms with Gasteiger partial charge in [-0.15, -0.1) is 10.2 Å². The number of hydrogen-bond acceptors (Lipinski definition) is 7. The fourth-order valence-corrected chi connectivity index (χ4v) is 6.36. The van der Waals surface area contributed by atoms with Gasteiger partial charge in [0.2, 0.25) is 5.91 Å². The van der Waals surface area contributed by atoms with Crippen molar-refractivity contribution in [2.45, 2.75) is 25.3 Å². The van der Waals surface area contributed by atoms with Crippen molar-refractivity contribution in [2.24, 2.45) is 5.92 Å². The zero-order valence-electron chi connectivity index (χ0n) is 15.8. The van der Waals surface area contributed by atoms with Gasteiger partial charge in [-0.3, -0.25) is 9.69 Å². The summed E-state index contributed by atoms with van der Waals surface area (Å²) < 4.78 is 23.4. The molecule has 0 bridgehead atoms. The maximum absolute atomic E-state index is 13.0. The molecule has 1 amide bonds. The van der Waals surface area contributed by atoms with Crippen LogP contribution in [-0.4, -0.2) is 91.1 Å². The number of aromatic nitrogens is 2. The van der Waals surface area contributed by atoms with E-state index in [0.29, 0.717) is 30.5 Å². The number of anilines is 1. The van der Waals surface area contributed by atoms with E-state index in [2.05, 4.69) is 20.0 Å². The molecule has 4 heterocycles. The van der Waals surface area contributed by atoms with Gasteiger partial charge in [0.25, 0.3) is 0 Å². The van der Waals surface area contributed by atoms with Crippen LogP contribution in [0, 0.1) is 5.92 Å². The van der Waals surface area contributed by atoms with Crippen LogP contribution in [0.5, 0.6) is 0 Å². The van der Waals surface area contributed by atoms with Crippen LogP contribution in [0.1, 0.15) is 19.3 Å². The fourth-order valence-electron chi connectivity index (χ4n) is 4.49. The Hall–Kier alpha value is -1.45. The minimum absolute atomic E-state index is 0.0374. The second kappa shape index (κ2) is 8.12. The first-order valence-corrected chi connectivity index (χ1v) is 12.1. The van der Waals surface area contributed by atoms with Gasteiger partial charge >= 0.3 is 0 Å². The summed E-state index contributed by atoms with van der Waals surface area (Å²) >= 11 is 5.82. The number of carbonyl (C=O) groups is 1. The van der Waals surface area contributed by atoms with Crippen LogP contribution < -0.4 is 4.90 Å². The van der Waals surface area contributed by atoms with Crippen LogP contribution in [-0.2, 0) is 14.6 Å². The number of halogens is 1. The van der Waals surface area contributed by atoms with E-state index in [4.69, 9.17) is 11.6 Å². The number of hydrogen-bond donors (Lipinski definition) is 0. The Bertz CT molecular complexity index is 811. The molecule has 1 aromatic heterocycles. The van der Waals surface area contributed by atoms with E-state index in [1.54, 1.807) is 6.07 Å². The van der Waals surface area contributed by atoms with E-state index in [-0.39, 0.29) is 23.6 Å². The lowest BCUT2D eigenvalue weighted by atomic mass is 9.96. The van der Waals surface area contributed by atoms with E-state index in [0.717, 1.165) is 44.7 Å². The molecule has 0 spiro atoms. The van der Waals surface area contributed by atoms with E-state index >= 15 is 0 Å². The van der Waals surface area contributed by atoms with Gasteiger partial charge in [0.05, 0.1) is 17.4 Å². The Morgan fingerprint density at radius 2 is 1.86 bits per heavy atom. The molecule has 4 rings (SSSR count). The molecular formula is C18H26ClN5O3S. The maximum Gasteiger partial charge on any atom is 0.227 e. The molecular weight excluding hydrogens is 402 g/mol. The van der Waals surface area contributed by atoms with E-state index in [1.165, 1.54) is 0 Å². The fraction of sp³-hybridized carbons (Fsp3) is 0.722. The molecule has 28 heavy (non-hydrogen) atoms. The highest BCUT2D eigenvalue weighted by atomic mass is 35.5. The summed E-state index contributed by atoms with van der Waals surface area (Å²) in [5, 5.41) is 8.40. The summed E-state index contributed by atoms with van der Waals surface area (Å²) in [6, 6.07) is 3.69. The first kappa shape index (κ1) is 19.8. The number of sulfone groups is 1. The van der Waals surface area contributed by atoms with Crippen molar-refractivity contribution in [3.63, 3.8) is 0 Å². The molecule has 3 aliphatic rings. The molecule has 0 saturated carbocycles. The van der Waals surface area contributed by atoms with Crippen molar-refractivity contribution >= 4 is 33.2 Å². The van der Waals surface area contributed by atoms with Crippen LogP contribution in [0.3, 0.4) is 0 Å². The highest BCUT2D eigenvalue weighted by Gasteiger charge is 2.36. The average molecular weight is 428 g/mol. The van der Waals surface area contributed by atoms with Gasteiger partial charge in [0.1, 0.15) is 0 Å². The van der Waals surface area contributed by atoms with Gasteiger partial charge in [0, 0.05) is 45.3 Å². The van der Waals surface area contributed by atoms with Gasteiger partial charge in [-0.05, 0) is 31.4 Å². The molecule has 1 aromatic rings. The molecule has 2 unspecified atom stereocenters. The molecule has 10 heteroatoms. The molecule has 154 valence electrons. The Kier molecular flexibility index (Phi) is 5.76. The SMILES string of the molecule is O=C(C1CCCN(c2ccc(Cl)nn2)C1)N1CCN(C2CCS(=O)(=O)C2)CC1. The molecule has 3 aliphatic heterocycles. The van der Waals surface area contributed by atoms with Crippen LogP contribution in [0.2, 0.25) is 5.15 Å². The van der Waals surface area contributed by atoms with Crippen LogP contribution >= 0.6 is 11.6 Å². The van der Waals surface area contributed by atoms with E-state index in [9.17, 15) is 13.2 Å². The zero-order valence-corrected chi connectivity index (χ0v) is 17.4. The van der Waals surface area contributed by atoms with E-state index < -0.39 is 9.84 Å². The second-order valence-electron chi connectivity index (χ2n) is 7.92. The summed E-state index contributed by atoms with van der Waals surface area (Å²) in [5.74, 6) is 1.48. The third-order valence-corrected chi connectivity index (χ3v) is 8.02. The van der Waals surface area contributed by atoms with Crippen molar-refractivity contribution in [1.29, 1.82) is 0 Å². The predicted octanol–water partition coefficient (Wildman–Crippen LogP) is 0.678. The molecule has 8 nitrogen and oxygen atoms in total. The Morgan fingerprint density at radius 1 is 1.07 bits per heavy atom. The number of carbonyl (C=O) groups excluding carboxylic acids is 1. The highest BCUT2D eigenvalue weighted by molar-refractivity contribution is 7.91. The number of rotatable bonds is 3. The number of amides is 1. The molecule has 0 aromatic carbocycles. The summed E-state index contributed by atoms with van der Waals surface area (Å²) in [4.78, 5) is 19.3. The number of piperidine rings is 1. The highest BCUT2D eigenvalue weighted by Crippen LogP contribution is 2.25. The quantitative estimate of drug-likeness (QED) is 0.700. The molecule has 0 N–H and O–H groups in total. The first-order chi connectivity index (χ1) is 13.4. The van der Waals surface area contributed by atoms with E-state index in [1.807, 2.05) is 11.0 Å². The van der Waals surface area contributed by atoms with Gasteiger partial charge in [-0.1, -0.05) is 11.6 Å². The lowest BCUT2D eigenvalue weighted by Crippen LogP contribution is -2.54. The summed E-state index contributed by atoms with van der Waals surface area (Å²) in [6.45, 7) is 4.37. The monoisotopic (exact) mass is 427 g/mol. The minimum atomic E-state index is -2.87. The minimum Gasteiger partial charge on any atom is -0.354 e. The second-order valence-corrected chi connectivity index (χ2v) is 10.5. The van der Waals surface area contributed by atoms with Crippen molar-refractivity contribution in [3.05, 3.63) is 17.3 Å². The third-order valence-electron chi connectivity index (χ3n) is 6.06. The number of nitrogens with zero attached hydrogens (tertiary/aromatic N) is 5. The van der Waals surface area contributed by atoms with Gasteiger partial charge in [-0.2, -0.15) is 0 Å². The summed E-state index contributed by atoms with van der Waals surface area (Å²) in [5.41, 5.74) is 0. The average Bonchev–Trinajstić information content (AvgIpc) is 3.08. The lowest BCUT2D eigenvalue weighted by Gasteiger charge is -2.40.